The Morgan fingerprint density at radius 3 is 2.52 bits per heavy atom. The maximum atomic E-state index is 12.5. The van der Waals surface area contributed by atoms with Crippen molar-refractivity contribution in [3.63, 3.8) is 0 Å². The van der Waals surface area contributed by atoms with Crippen molar-refractivity contribution < 1.29 is 14.0 Å². The smallest absolute Gasteiger partial charge is 0.287 e. The summed E-state index contributed by atoms with van der Waals surface area (Å²) in [6, 6.07) is 7.81. The van der Waals surface area contributed by atoms with Crippen LogP contribution in [0.25, 0.3) is 0 Å². The lowest BCUT2D eigenvalue weighted by Crippen LogP contribution is -2.47. The van der Waals surface area contributed by atoms with Gasteiger partial charge in [0.25, 0.3) is 5.91 Å². The molecule has 0 saturated heterocycles. The highest BCUT2D eigenvalue weighted by molar-refractivity contribution is 6.33. The van der Waals surface area contributed by atoms with E-state index in [0.717, 1.165) is 5.56 Å². The van der Waals surface area contributed by atoms with Crippen LogP contribution in [0, 0.1) is 12.8 Å². The summed E-state index contributed by atoms with van der Waals surface area (Å²) in [7, 11) is 0. The van der Waals surface area contributed by atoms with Crippen molar-refractivity contribution in [3.05, 3.63) is 52.9 Å². The number of hydrogen-bond donors (Lipinski definition) is 2. The van der Waals surface area contributed by atoms with Crippen LogP contribution in [0.5, 0.6) is 0 Å². The zero-order valence-corrected chi connectivity index (χ0v) is 14.0. The molecule has 5 nitrogen and oxygen atoms in total. The van der Waals surface area contributed by atoms with Crippen LogP contribution in [0.15, 0.2) is 41.0 Å². The summed E-state index contributed by atoms with van der Waals surface area (Å²) in [5.74, 6) is -0.695. The number of hydrogen-bond acceptors (Lipinski definition) is 3. The van der Waals surface area contributed by atoms with Crippen LogP contribution in [-0.4, -0.2) is 17.9 Å². The van der Waals surface area contributed by atoms with Crippen LogP contribution < -0.4 is 10.6 Å². The SMILES string of the molecule is Cc1ccc(NC(=O)[C@@H](NC(=O)c2ccco2)C(C)C)c(Cl)c1. The van der Waals surface area contributed by atoms with Gasteiger partial charge in [-0.05, 0) is 42.7 Å². The van der Waals surface area contributed by atoms with Crippen LogP contribution in [0.2, 0.25) is 5.02 Å². The molecule has 0 aliphatic rings. The molecule has 0 bridgehead atoms. The van der Waals surface area contributed by atoms with Gasteiger partial charge in [0.2, 0.25) is 5.91 Å². The van der Waals surface area contributed by atoms with Crippen molar-refractivity contribution in [2.24, 2.45) is 5.92 Å². The van der Waals surface area contributed by atoms with Crippen molar-refractivity contribution >= 4 is 29.1 Å². The molecule has 2 aromatic rings. The van der Waals surface area contributed by atoms with Gasteiger partial charge in [-0.25, -0.2) is 0 Å². The van der Waals surface area contributed by atoms with Crippen molar-refractivity contribution in [3.8, 4) is 0 Å². The third-order valence-corrected chi connectivity index (χ3v) is 3.68. The van der Waals surface area contributed by atoms with Crippen LogP contribution in [-0.2, 0) is 4.79 Å². The predicted octanol–water partition coefficient (Wildman–Crippen LogP) is 3.63. The molecule has 0 spiro atoms. The lowest BCUT2D eigenvalue weighted by atomic mass is 10.0. The van der Waals surface area contributed by atoms with Gasteiger partial charge in [0.1, 0.15) is 6.04 Å². The van der Waals surface area contributed by atoms with Gasteiger partial charge < -0.3 is 15.1 Å². The second kappa shape index (κ2) is 7.33. The second-order valence-electron chi connectivity index (χ2n) is 5.65. The fraction of sp³-hybridized carbons (Fsp3) is 0.294. The number of halogens is 1. The predicted molar refractivity (Wildman–Crippen MR) is 89.6 cm³/mol. The van der Waals surface area contributed by atoms with E-state index in [4.69, 9.17) is 16.0 Å². The van der Waals surface area contributed by atoms with E-state index in [0.29, 0.717) is 10.7 Å². The lowest BCUT2D eigenvalue weighted by Gasteiger charge is -2.21. The lowest BCUT2D eigenvalue weighted by molar-refractivity contribution is -0.118. The quantitative estimate of drug-likeness (QED) is 0.877. The highest BCUT2D eigenvalue weighted by Gasteiger charge is 2.26. The molecule has 1 aromatic heterocycles. The second-order valence-corrected chi connectivity index (χ2v) is 6.05. The van der Waals surface area contributed by atoms with Gasteiger partial charge in [-0.1, -0.05) is 31.5 Å². The fourth-order valence-corrected chi connectivity index (χ4v) is 2.37. The molecule has 0 aliphatic carbocycles. The van der Waals surface area contributed by atoms with E-state index < -0.39 is 11.9 Å². The molecule has 1 heterocycles. The average molecular weight is 335 g/mol. The molecule has 23 heavy (non-hydrogen) atoms. The van der Waals surface area contributed by atoms with Gasteiger partial charge in [0, 0.05) is 0 Å². The van der Waals surface area contributed by atoms with E-state index in [9.17, 15) is 9.59 Å². The molecule has 2 N–H and O–H groups in total. The molecule has 0 radical (unpaired) electrons. The summed E-state index contributed by atoms with van der Waals surface area (Å²) < 4.78 is 5.04. The highest BCUT2D eigenvalue weighted by Crippen LogP contribution is 2.23. The van der Waals surface area contributed by atoms with Gasteiger partial charge in [-0.15, -0.1) is 0 Å². The summed E-state index contributed by atoms with van der Waals surface area (Å²) in [5.41, 5.74) is 1.51. The maximum Gasteiger partial charge on any atom is 0.287 e. The Hall–Kier alpha value is -2.27. The van der Waals surface area contributed by atoms with Crippen LogP contribution in [0.1, 0.15) is 30.0 Å². The van der Waals surface area contributed by atoms with E-state index in [1.807, 2.05) is 26.8 Å². The number of carbonyl (C=O) groups is 2. The van der Waals surface area contributed by atoms with Crippen LogP contribution >= 0.6 is 11.6 Å². The van der Waals surface area contributed by atoms with E-state index in [1.165, 1.54) is 6.26 Å². The van der Waals surface area contributed by atoms with E-state index >= 15 is 0 Å². The summed E-state index contributed by atoms with van der Waals surface area (Å²) in [5, 5.41) is 5.89. The Balaban J connectivity index is 2.10. The number of nitrogens with one attached hydrogen (secondary N) is 2. The number of carbonyl (C=O) groups excluding carboxylic acids is 2. The van der Waals surface area contributed by atoms with Gasteiger partial charge >= 0.3 is 0 Å². The largest absolute Gasteiger partial charge is 0.459 e. The number of amides is 2. The first kappa shape index (κ1) is 17.1. The van der Waals surface area contributed by atoms with Crippen LogP contribution in [0.3, 0.4) is 0 Å². The zero-order valence-electron chi connectivity index (χ0n) is 13.2. The van der Waals surface area contributed by atoms with Crippen molar-refractivity contribution in [1.82, 2.24) is 5.32 Å². The Bertz CT molecular complexity index is 696. The van der Waals surface area contributed by atoms with Gasteiger partial charge in [0.15, 0.2) is 5.76 Å². The molecule has 2 rings (SSSR count). The molecular formula is C17H19ClN2O3. The Morgan fingerprint density at radius 1 is 1.22 bits per heavy atom. The number of aryl methyl sites for hydroxylation is 1. The molecule has 1 aromatic carbocycles. The zero-order chi connectivity index (χ0) is 17.0. The highest BCUT2D eigenvalue weighted by atomic mass is 35.5. The van der Waals surface area contributed by atoms with Gasteiger partial charge in [-0.3, -0.25) is 9.59 Å². The standard InChI is InChI=1S/C17H19ClN2O3/c1-10(2)15(20-16(21)14-5-4-8-23-14)17(22)19-13-7-6-11(3)9-12(13)18/h4-10,15H,1-3H3,(H,19,22)(H,20,21)/t15-/m0/s1. The number of benzene rings is 1. The monoisotopic (exact) mass is 334 g/mol. The third-order valence-electron chi connectivity index (χ3n) is 3.36. The normalized spacial score (nSPS) is 12.0. The first-order valence-corrected chi connectivity index (χ1v) is 7.67. The van der Waals surface area contributed by atoms with Crippen molar-refractivity contribution in [1.29, 1.82) is 0 Å². The Labute approximate surface area is 140 Å². The van der Waals surface area contributed by atoms with Crippen molar-refractivity contribution in [2.45, 2.75) is 26.8 Å². The van der Waals surface area contributed by atoms with E-state index in [-0.39, 0.29) is 17.6 Å². The first-order valence-electron chi connectivity index (χ1n) is 7.30. The molecule has 6 heteroatoms. The summed E-state index contributed by atoms with van der Waals surface area (Å²) in [6.45, 7) is 5.62. The van der Waals surface area contributed by atoms with E-state index in [2.05, 4.69) is 10.6 Å². The average Bonchev–Trinajstić information content (AvgIpc) is 3.01. The first-order chi connectivity index (χ1) is 10.9. The van der Waals surface area contributed by atoms with Gasteiger partial charge in [-0.2, -0.15) is 0 Å². The molecule has 2 amide bonds. The molecule has 0 saturated carbocycles. The topological polar surface area (TPSA) is 71.3 Å². The van der Waals surface area contributed by atoms with Gasteiger partial charge in [0.05, 0.1) is 17.0 Å². The van der Waals surface area contributed by atoms with Crippen LogP contribution in [0.4, 0.5) is 5.69 Å². The number of rotatable bonds is 5. The van der Waals surface area contributed by atoms with Crippen molar-refractivity contribution in [2.75, 3.05) is 5.32 Å². The summed E-state index contributed by atoms with van der Waals surface area (Å²) in [6.07, 6.45) is 1.41. The van der Waals surface area contributed by atoms with E-state index in [1.54, 1.807) is 24.3 Å². The Morgan fingerprint density at radius 2 is 1.96 bits per heavy atom. The Kier molecular flexibility index (Phi) is 5.45. The number of furan rings is 1. The molecule has 1 atom stereocenters. The fourth-order valence-electron chi connectivity index (χ4n) is 2.09. The minimum absolute atomic E-state index is 0.0989. The minimum Gasteiger partial charge on any atom is -0.459 e. The molecule has 122 valence electrons. The molecule has 0 aliphatic heterocycles. The maximum absolute atomic E-state index is 12.5. The molecule has 0 fully saturated rings. The minimum atomic E-state index is -0.704. The third kappa shape index (κ3) is 4.36. The molecular weight excluding hydrogens is 316 g/mol. The molecule has 0 unspecified atom stereocenters. The summed E-state index contributed by atoms with van der Waals surface area (Å²) in [4.78, 5) is 24.6. The summed E-state index contributed by atoms with van der Waals surface area (Å²) >= 11 is 6.13. The number of anilines is 1.